The summed E-state index contributed by atoms with van der Waals surface area (Å²) in [5, 5.41) is 1.14. The van der Waals surface area contributed by atoms with Crippen LogP contribution in [0.15, 0.2) is 122 Å². The number of para-hydroxylation sites is 1. The fraction of sp³-hybridized carbons (Fsp3) is 0.176. The minimum absolute atomic E-state index is 0.258. The van der Waals surface area contributed by atoms with Crippen LogP contribution >= 0.6 is 0 Å². The molecule has 2 amide bonds. The molecule has 42 heavy (non-hydrogen) atoms. The number of hydrazine groups is 1. The van der Waals surface area contributed by atoms with Gasteiger partial charge in [-0.25, -0.2) is 20.4 Å². The Morgan fingerprint density at radius 3 is 1.88 bits per heavy atom. The highest BCUT2D eigenvalue weighted by atomic mass is 16.5. The molecule has 8 nitrogen and oxygen atoms in total. The molecule has 0 aliphatic carbocycles. The highest BCUT2D eigenvalue weighted by molar-refractivity contribution is 6.11. The first-order valence-corrected chi connectivity index (χ1v) is 13.9. The van der Waals surface area contributed by atoms with Gasteiger partial charge in [0.05, 0.1) is 24.2 Å². The topological polar surface area (TPSA) is 82.4 Å². The molecule has 5 rings (SSSR count). The minimum Gasteiger partial charge on any atom is -0.468 e. The predicted octanol–water partition coefficient (Wildman–Crippen LogP) is 5.70. The summed E-state index contributed by atoms with van der Waals surface area (Å²) in [4.78, 5) is 32.3. The van der Waals surface area contributed by atoms with Crippen molar-refractivity contribution in [2.24, 2.45) is 5.84 Å². The number of hydrogen-bond donors (Lipinski definition) is 1. The minimum atomic E-state index is -0.435. The second-order valence-corrected chi connectivity index (χ2v) is 10.0. The number of esters is 1. The summed E-state index contributed by atoms with van der Waals surface area (Å²) < 4.78 is 5.12. The fourth-order valence-electron chi connectivity index (χ4n) is 5.24. The van der Waals surface area contributed by atoms with E-state index in [1.54, 1.807) is 0 Å². The van der Waals surface area contributed by atoms with Gasteiger partial charge in [0.1, 0.15) is 6.04 Å². The van der Waals surface area contributed by atoms with Gasteiger partial charge in [-0.05, 0) is 47.5 Å². The summed E-state index contributed by atoms with van der Waals surface area (Å²) in [5.41, 5.74) is 4.51. The number of urea groups is 1. The zero-order valence-electron chi connectivity index (χ0n) is 23.7. The van der Waals surface area contributed by atoms with Crippen LogP contribution in [0.1, 0.15) is 17.2 Å². The molecule has 1 heterocycles. The summed E-state index contributed by atoms with van der Waals surface area (Å²) in [7, 11) is 1.43. The van der Waals surface area contributed by atoms with E-state index in [0.29, 0.717) is 30.2 Å². The third-order valence-corrected chi connectivity index (χ3v) is 7.50. The van der Waals surface area contributed by atoms with Crippen LogP contribution in [0.3, 0.4) is 0 Å². The lowest BCUT2D eigenvalue weighted by Gasteiger charge is -2.39. The Labute approximate surface area is 246 Å². The molecule has 0 aromatic heterocycles. The molecule has 1 aliphatic rings. The first kappa shape index (κ1) is 28.6. The number of benzene rings is 4. The summed E-state index contributed by atoms with van der Waals surface area (Å²) in [6, 6.07) is 35.4. The second kappa shape index (κ2) is 13.2. The van der Waals surface area contributed by atoms with Crippen molar-refractivity contribution in [1.82, 2.24) is 4.90 Å². The molecule has 0 bridgehead atoms. The fourth-order valence-corrected chi connectivity index (χ4v) is 5.24. The molecule has 1 aliphatic heterocycles. The van der Waals surface area contributed by atoms with Crippen molar-refractivity contribution in [1.29, 1.82) is 0 Å². The lowest BCUT2D eigenvalue weighted by Crippen LogP contribution is -2.49. The van der Waals surface area contributed by atoms with Crippen molar-refractivity contribution < 1.29 is 14.3 Å². The van der Waals surface area contributed by atoms with Crippen LogP contribution in [0, 0.1) is 0 Å². The van der Waals surface area contributed by atoms with Crippen LogP contribution in [0.5, 0.6) is 0 Å². The molecule has 1 unspecified atom stereocenters. The van der Waals surface area contributed by atoms with Crippen LogP contribution in [0.2, 0.25) is 0 Å². The van der Waals surface area contributed by atoms with Crippen LogP contribution in [0.4, 0.5) is 21.9 Å². The number of amides is 2. The first-order chi connectivity index (χ1) is 20.5. The van der Waals surface area contributed by atoms with Crippen LogP contribution < -0.4 is 20.7 Å². The molecule has 4 aromatic carbocycles. The lowest BCUT2D eigenvalue weighted by atomic mass is 10.0. The predicted molar refractivity (Wildman–Crippen MR) is 168 cm³/mol. The number of piperazine rings is 1. The molecule has 1 saturated heterocycles. The number of carbonyl (C=O) groups excluding carboxylic acids is 2. The van der Waals surface area contributed by atoms with E-state index in [9.17, 15) is 9.59 Å². The van der Waals surface area contributed by atoms with E-state index >= 15 is 0 Å². The number of ether oxygens (including phenoxy) is 1. The van der Waals surface area contributed by atoms with E-state index in [1.165, 1.54) is 12.0 Å². The van der Waals surface area contributed by atoms with Gasteiger partial charge in [-0.15, -0.1) is 0 Å². The van der Waals surface area contributed by atoms with E-state index in [4.69, 9.17) is 10.6 Å². The standard InChI is InChI=1S/C34H35N5O3/c1-26(27-12-6-3-7-13-27)38(30-16-10-5-11-17-30)34(41)39(35)31-20-18-29(19-21-31)36-22-24-37(25-23-36)32(33(40)42-2)28-14-8-4-9-15-28/h3-21,32H,1,22-25,35H2,2H3. The van der Waals surface area contributed by atoms with E-state index in [2.05, 4.69) is 16.4 Å². The normalized spacial score (nSPS) is 14.1. The molecule has 8 heteroatoms. The number of anilines is 3. The van der Waals surface area contributed by atoms with Gasteiger partial charge in [0.2, 0.25) is 0 Å². The number of nitrogens with zero attached hydrogens (tertiary/aromatic N) is 4. The Hall–Kier alpha value is -4.92. The maximum Gasteiger partial charge on any atom is 0.347 e. The maximum atomic E-state index is 13.8. The van der Waals surface area contributed by atoms with Crippen molar-refractivity contribution in [2.45, 2.75) is 6.04 Å². The number of nitrogens with two attached hydrogens (primary N) is 1. The molecule has 2 N–H and O–H groups in total. The molecular weight excluding hydrogens is 526 g/mol. The molecule has 1 fully saturated rings. The van der Waals surface area contributed by atoms with Crippen LogP contribution in [-0.4, -0.2) is 50.2 Å². The average molecular weight is 562 g/mol. The number of hydrogen-bond acceptors (Lipinski definition) is 6. The Bertz CT molecular complexity index is 1490. The summed E-state index contributed by atoms with van der Waals surface area (Å²) >= 11 is 0. The van der Waals surface area contributed by atoms with Crippen molar-refractivity contribution >= 4 is 34.8 Å². The lowest BCUT2D eigenvalue weighted by molar-refractivity contribution is -0.147. The van der Waals surface area contributed by atoms with Crippen LogP contribution in [0.25, 0.3) is 5.70 Å². The van der Waals surface area contributed by atoms with E-state index in [1.807, 2.05) is 115 Å². The second-order valence-electron chi connectivity index (χ2n) is 10.0. The monoisotopic (exact) mass is 561 g/mol. The highest BCUT2D eigenvalue weighted by Crippen LogP contribution is 2.29. The Morgan fingerprint density at radius 1 is 0.762 bits per heavy atom. The van der Waals surface area contributed by atoms with E-state index < -0.39 is 12.1 Å². The van der Waals surface area contributed by atoms with Gasteiger partial charge in [0.15, 0.2) is 0 Å². The Morgan fingerprint density at radius 2 is 1.31 bits per heavy atom. The van der Waals surface area contributed by atoms with Gasteiger partial charge in [0.25, 0.3) is 0 Å². The Balaban J connectivity index is 1.28. The van der Waals surface area contributed by atoms with Gasteiger partial charge < -0.3 is 9.64 Å². The van der Waals surface area contributed by atoms with Crippen molar-refractivity contribution in [3.8, 4) is 0 Å². The number of methoxy groups -OCH3 is 1. The molecule has 4 aromatic rings. The molecule has 0 radical (unpaired) electrons. The molecule has 1 atom stereocenters. The van der Waals surface area contributed by atoms with E-state index in [0.717, 1.165) is 34.9 Å². The maximum absolute atomic E-state index is 13.8. The molecule has 0 saturated carbocycles. The molecule has 0 spiro atoms. The van der Waals surface area contributed by atoms with Crippen LogP contribution in [-0.2, 0) is 9.53 Å². The number of rotatable bonds is 8. The number of carbonyl (C=O) groups is 2. The Kier molecular flexibility index (Phi) is 8.96. The highest BCUT2D eigenvalue weighted by Gasteiger charge is 2.31. The zero-order chi connectivity index (χ0) is 29.5. The van der Waals surface area contributed by atoms with Gasteiger partial charge in [-0.3, -0.25) is 9.80 Å². The largest absolute Gasteiger partial charge is 0.468 e. The quantitative estimate of drug-likeness (QED) is 0.129. The van der Waals surface area contributed by atoms with Crippen molar-refractivity contribution in [3.05, 3.63) is 133 Å². The zero-order valence-corrected chi connectivity index (χ0v) is 23.7. The average Bonchev–Trinajstić information content (AvgIpc) is 3.06. The molecule has 214 valence electrons. The summed E-state index contributed by atoms with van der Waals surface area (Å²) in [6.07, 6.45) is 0. The van der Waals surface area contributed by atoms with Gasteiger partial charge >= 0.3 is 12.0 Å². The van der Waals surface area contributed by atoms with Crippen molar-refractivity contribution in [3.63, 3.8) is 0 Å². The SMILES string of the molecule is C=C(c1ccccc1)N(C(=O)N(N)c1ccc(N2CCN(C(C(=O)OC)c3ccccc3)CC2)cc1)c1ccccc1. The van der Waals surface area contributed by atoms with Gasteiger partial charge in [-0.1, -0.05) is 85.4 Å². The summed E-state index contributed by atoms with van der Waals surface area (Å²) in [6.45, 7) is 7.09. The smallest absolute Gasteiger partial charge is 0.347 e. The van der Waals surface area contributed by atoms with Gasteiger partial charge in [-0.2, -0.15) is 0 Å². The first-order valence-electron chi connectivity index (χ1n) is 13.9. The van der Waals surface area contributed by atoms with Gasteiger partial charge in [0, 0.05) is 31.9 Å². The molecular formula is C34H35N5O3. The third-order valence-electron chi connectivity index (χ3n) is 7.50. The van der Waals surface area contributed by atoms with Crippen molar-refractivity contribution in [2.75, 3.05) is 48.1 Å². The summed E-state index contributed by atoms with van der Waals surface area (Å²) in [5.74, 6) is 6.15. The third kappa shape index (κ3) is 6.20. The van der Waals surface area contributed by atoms with E-state index in [-0.39, 0.29) is 5.97 Å².